The van der Waals surface area contributed by atoms with Gasteiger partial charge in [0, 0.05) is 5.71 Å². The van der Waals surface area contributed by atoms with Crippen LogP contribution in [0.25, 0.3) is 0 Å². The first kappa shape index (κ1) is 14.2. The molecule has 1 aromatic carbocycles. The number of carbonyl (C=O) groups is 2. The van der Waals surface area contributed by atoms with Gasteiger partial charge in [0.1, 0.15) is 0 Å². The number of hydrogen-bond acceptors (Lipinski definition) is 3. The fourth-order valence-corrected chi connectivity index (χ4v) is 2.13. The molecular formula is C15H18N2O3. The molecule has 2 rings (SSSR count). The number of unbranched alkanes of at least 4 members (excludes halogenated alkanes) is 1. The highest BCUT2D eigenvalue weighted by atomic mass is 16.4. The smallest absolute Gasteiger partial charge is 0.307 e. The van der Waals surface area contributed by atoms with Gasteiger partial charge in [0.15, 0.2) is 0 Å². The van der Waals surface area contributed by atoms with E-state index in [2.05, 4.69) is 12.0 Å². The number of carbonyl (C=O) groups excluding carboxylic acids is 1. The van der Waals surface area contributed by atoms with Crippen LogP contribution in [0, 0.1) is 0 Å². The van der Waals surface area contributed by atoms with Crippen LogP contribution in [0.4, 0.5) is 5.69 Å². The average molecular weight is 274 g/mol. The van der Waals surface area contributed by atoms with Gasteiger partial charge in [-0.05, 0) is 30.5 Å². The third kappa shape index (κ3) is 3.44. The highest BCUT2D eigenvalue weighted by Crippen LogP contribution is 2.22. The number of benzene rings is 1. The Morgan fingerprint density at radius 2 is 2.05 bits per heavy atom. The molecule has 1 aliphatic heterocycles. The molecule has 20 heavy (non-hydrogen) atoms. The Labute approximate surface area is 117 Å². The van der Waals surface area contributed by atoms with Crippen LogP contribution in [0.3, 0.4) is 0 Å². The van der Waals surface area contributed by atoms with Crippen molar-refractivity contribution in [3.8, 4) is 0 Å². The van der Waals surface area contributed by atoms with Crippen molar-refractivity contribution in [2.75, 3.05) is 5.01 Å². The average Bonchev–Trinajstić information content (AvgIpc) is 2.78. The van der Waals surface area contributed by atoms with Crippen molar-refractivity contribution in [2.45, 2.75) is 39.0 Å². The number of nitrogens with zero attached hydrogens (tertiary/aromatic N) is 2. The number of anilines is 1. The molecule has 0 aliphatic carbocycles. The van der Waals surface area contributed by atoms with Gasteiger partial charge in [-0.25, -0.2) is 5.01 Å². The van der Waals surface area contributed by atoms with Crippen molar-refractivity contribution in [1.82, 2.24) is 0 Å². The Bertz CT molecular complexity index is 535. The maximum absolute atomic E-state index is 11.9. The molecule has 1 aromatic rings. The van der Waals surface area contributed by atoms with Gasteiger partial charge >= 0.3 is 5.97 Å². The zero-order valence-electron chi connectivity index (χ0n) is 11.5. The van der Waals surface area contributed by atoms with Gasteiger partial charge in [0.2, 0.25) is 0 Å². The summed E-state index contributed by atoms with van der Waals surface area (Å²) in [7, 11) is 0. The Morgan fingerprint density at radius 1 is 1.35 bits per heavy atom. The van der Waals surface area contributed by atoms with Gasteiger partial charge in [-0.3, -0.25) is 9.59 Å². The van der Waals surface area contributed by atoms with E-state index in [-0.39, 0.29) is 12.3 Å². The third-order valence-electron chi connectivity index (χ3n) is 3.19. The van der Waals surface area contributed by atoms with E-state index in [1.54, 1.807) is 24.3 Å². The first-order valence-corrected chi connectivity index (χ1v) is 6.80. The van der Waals surface area contributed by atoms with E-state index < -0.39 is 5.97 Å². The minimum atomic E-state index is -0.866. The van der Waals surface area contributed by atoms with Gasteiger partial charge in [-0.1, -0.05) is 25.5 Å². The Balaban J connectivity index is 2.09. The third-order valence-corrected chi connectivity index (χ3v) is 3.19. The lowest BCUT2D eigenvalue weighted by Gasteiger charge is -2.11. The topological polar surface area (TPSA) is 70.0 Å². The van der Waals surface area contributed by atoms with E-state index in [0.29, 0.717) is 17.7 Å². The van der Waals surface area contributed by atoms with Crippen LogP contribution >= 0.6 is 0 Å². The summed E-state index contributed by atoms with van der Waals surface area (Å²) in [4.78, 5) is 22.5. The lowest BCUT2D eigenvalue weighted by Crippen LogP contribution is -2.19. The molecular weight excluding hydrogens is 256 g/mol. The van der Waals surface area contributed by atoms with E-state index in [0.717, 1.165) is 25.0 Å². The fraction of sp³-hybridized carbons (Fsp3) is 0.400. The van der Waals surface area contributed by atoms with Crippen molar-refractivity contribution in [2.24, 2.45) is 5.10 Å². The molecule has 1 heterocycles. The molecule has 106 valence electrons. The van der Waals surface area contributed by atoms with E-state index in [9.17, 15) is 9.59 Å². The van der Waals surface area contributed by atoms with Gasteiger partial charge in [0.25, 0.3) is 5.91 Å². The van der Waals surface area contributed by atoms with Crippen molar-refractivity contribution in [3.63, 3.8) is 0 Å². The van der Waals surface area contributed by atoms with Crippen molar-refractivity contribution >= 4 is 23.3 Å². The second-order valence-electron chi connectivity index (χ2n) is 4.89. The van der Waals surface area contributed by atoms with Crippen LogP contribution in [0.5, 0.6) is 0 Å². The largest absolute Gasteiger partial charge is 0.481 e. The van der Waals surface area contributed by atoms with Crippen molar-refractivity contribution < 1.29 is 14.7 Å². The van der Waals surface area contributed by atoms with Gasteiger partial charge in [0.05, 0.1) is 18.5 Å². The minimum Gasteiger partial charge on any atom is -0.481 e. The lowest BCUT2D eigenvalue weighted by molar-refractivity contribution is -0.136. The highest BCUT2D eigenvalue weighted by Gasteiger charge is 2.24. The molecule has 0 unspecified atom stereocenters. The van der Waals surface area contributed by atoms with E-state index in [1.165, 1.54) is 5.01 Å². The predicted octanol–water partition coefficient (Wildman–Crippen LogP) is 2.60. The Kier molecular flexibility index (Phi) is 4.50. The summed E-state index contributed by atoms with van der Waals surface area (Å²) in [6.45, 7) is 2.11. The monoisotopic (exact) mass is 274 g/mol. The van der Waals surface area contributed by atoms with Crippen LogP contribution in [-0.2, 0) is 16.0 Å². The minimum absolute atomic E-state index is 0.0146. The number of amides is 1. The standard InChI is InChI=1S/C15H18N2O3/c1-2-3-4-12-10-14(18)17(16-12)13-7-5-11(6-8-13)9-15(19)20/h5-8H,2-4,9-10H2,1H3,(H,19,20). The number of carboxylic acids is 1. The molecule has 5 heteroatoms. The maximum Gasteiger partial charge on any atom is 0.307 e. The molecule has 1 N–H and O–H groups in total. The molecule has 1 aliphatic rings. The summed E-state index contributed by atoms with van der Waals surface area (Å²) in [5, 5.41) is 14.5. The van der Waals surface area contributed by atoms with Crippen LogP contribution in [0.1, 0.15) is 38.2 Å². The number of hydrazone groups is 1. The van der Waals surface area contributed by atoms with E-state index in [1.807, 2.05) is 0 Å². The van der Waals surface area contributed by atoms with Crippen LogP contribution < -0.4 is 5.01 Å². The normalized spacial score (nSPS) is 14.6. The van der Waals surface area contributed by atoms with Crippen LogP contribution in [-0.4, -0.2) is 22.7 Å². The Hall–Kier alpha value is -2.17. The van der Waals surface area contributed by atoms with E-state index >= 15 is 0 Å². The molecule has 0 bridgehead atoms. The molecule has 0 fully saturated rings. The zero-order valence-corrected chi connectivity index (χ0v) is 11.5. The van der Waals surface area contributed by atoms with Crippen LogP contribution in [0.2, 0.25) is 0 Å². The molecule has 0 saturated carbocycles. The summed E-state index contributed by atoms with van der Waals surface area (Å²) in [5.41, 5.74) is 2.32. The molecule has 0 radical (unpaired) electrons. The van der Waals surface area contributed by atoms with E-state index in [4.69, 9.17) is 5.11 Å². The quantitative estimate of drug-likeness (QED) is 0.866. The van der Waals surface area contributed by atoms with Crippen molar-refractivity contribution in [1.29, 1.82) is 0 Å². The van der Waals surface area contributed by atoms with Gasteiger partial charge < -0.3 is 5.11 Å². The first-order chi connectivity index (χ1) is 9.60. The summed E-state index contributed by atoms with van der Waals surface area (Å²) < 4.78 is 0. The highest BCUT2D eigenvalue weighted by molar-refractivity contribution is 6.12. The summed E-state index contributed by atoms with van der Waals surface area (Å²) >= 11 is 0. The first-order valence-electron chi connectivity index (χ1n) is 6.80. The Morgan fingerprint density at radius 3 is 2.65 bits per heavy atom. The summed E-state index contributed by atoms with van der Waals surface area (Å²) in [6, 6.07) is 6.91. The summed E-state index contributed by atoms with van der Waals surface area (Å²) in [6.07, 6.45) is 3.35. The maximum atomic E-state index is 11.9. The molecule has 0 atom stereocenters. The molecule has 0 saturated heterocycles. The SMILES string of the molecule is CCCCC1=NN(c2ccc(CC(=O)O)cc2)C(=O)C1. The lowest BCUT2D eigenvalue weighted by atomic mass is 10.1. The van der Waals surface area contributed by atoms with Crippen LogP contribution in [0.15, 0.2) is 29.4 Å². The fourth-order valence-electron chi connectivity index (χ4n) is 2.13. The number of hydrogen-bond donors (Lipinski definition) is 1. The predicted molar refractivity (Wildman–Crippen MR) is 76.8 cm³/mol. The van der Waals surface area contributed by atoms with Gasteiger partial charge in [-0.15, -0.1) is 0 Å². The number of carboxylic acid groups (broad SMARTS) is 1. The molecule has 1 amide bonds. The molecule has 5 nitrogen and oxygen atoms in total. The van der Waals surface area contributed by atoms with Crippen molar-refractivity contribution in [3.05, 3.63) is 29.8 Å². The second-order valence-corrected chi connectivity index (χ2v) is 4.89. The number of aliphatic carboxylic acids is 1. The zero-order chi connectivity index (χ0) is 14.5. The second kappa shape index (κ2) is 6.32. The summed E-state index contributed by atoms with van der Waals surface area (Å²) in [5.74, 6) is -0.892. The van der Waals surface area contributed by atoms with Gasteiger partial charge in [-0.2, -0.15) is 5.10 Å². The number of rotatable bonds is 6. The molecule has 0 aromatic heterocycles. The molecule has 0 spiro atoms.